The molecule has 2 rings (SSSR count). The van der Waals surface area contributed by atoms with Crippen LogP contribution in [0.1, 0.15) is 25.8 Å². The van der Waals surface area contributed by atoms with E-state index in [0.717, 1.165) is 13.0 Å². The molecule has 1 fully saturated rings. The zero-order valence-corrected chi connectivity index (χ0v) is 16.6. The monoisotopic (exact) mass is 391 g/mol. The first-order chi connectivity index (χ1) is 13.0. The van der Waals surface area contributed by atoms with Crippen LogP contribution in [0.2, 0.25) is 5.02 Å². The highest BCUT2D eigenvalue weighted by Crippen LogP contribution is 2.20. The van der Waals surface area contributed by atoms with E-state index in [1.807, 2.05) is 24.8 Å². The van der Waals surface area contributed by atoms with Crippen LogP contribution in [-0.4, -0.2) is 72.5 Å². The van der Waals surface area contributed by atoms with Crippen LogP contribution in [-0.2, 0) is 4.79 Å². The molecule has 27 heavy (non-hydrogen) atoms. The molecule has 1 saturated heterocycles. The molecule has 1 N–H and O–H groups in total. The van der Waals surface area contributed by atoms with Gasteiger partial charge in [-0.2, -0.15) is 5.26 Å². The summed E-state index contributed by atoms with van der Waals surface area (Å²) in [6, 6.07) is 6.61. The van der Waals surface area contributed by atoms with Crippen molar-refractivity contribution in [2.45, 2.75) is 20.3 Å². The van der Waals surface area contributed by atoms with E-state index in [2.05, 4.69) is 10.2 Å². The highest BCUT2D eigenvalue weighted by atomic mass is 35.5. The van der Waals surface area contributed by atoms with Crippen LogP contribution < -0.4 is 5.32 Å². The Morgan fingerprint density at radius 1 is 1.22 bits per heavy atom. The molecule has 146 valence electrons. The summed E-state index contributed by atoms with van der Waals surface area (Å²) in [5.41, 5.74) is 0.930. The maximum atomic E-state index is 12.5. The number of urea groups is 1. The standard InChI is InChI=1S/C19H26ClN5O2/c1-3-24(4-2)18(26)14-23-8-5-9-25(11-10-23)19(27)22-16-7-6-15(13-21)17(20)12-16/h6-7,12H,3-5,8-11,14H2,1-2H3,(H,22,27). The molecule has 0 aromatic heterocycles. The van der Waals surface area contributed by atoms with E-state index in [0.29, 0.717) is 55.5 Å². The lowest BCUT2D eigenvalue weighted by atomic mass is 10.2. The lowest BCUT2D eigenvalue weighted by molar-refractivity contribution is -0.132. The minimum Gasteiger partial charge on any atom is -0.342 e. The summed E-state index contributed by atoms with van der Waals surface area (Å²) >= 11 is 6.01. The van der Waals surface area contributed by atoms with Gasteiger partial charge in [-0.05, 0) is 38.5 Å². The van der Waals surface area contributed by atoms with E-state index in [1.165, 1.54) is 0 Å². The number of likely N-dealkylation sites (N-methyl/N-ethyl adjacent to an activating group) is 1. The summed E-state index contributed by atoms with van der Waals surface area (Å²) in [6.45, 7) is 8.41. The maximum Gasteiger partial charge on any atom is 0.321 e. The fraction of sp³-hybridized carbons (Fsp3) is 0.526. The minimum absolute atomic E-state index is 0.130. The zero-order chi connectivity index (χ0) is 19.8. The summed E-state index contributed by atoms with van der Waals surface area (Å²) < 4.78 is 0. The molecule has 1 heterocycles. The molecule has 0 saturated carbocycles. The van der Waals surface area contributed by atoms with Gasteiger partial charge in [0.15, 0.2) is 0 Å². The number of amides is 3. The Balaban J connectivity index is 1.89. The van der Waals surface area contributed by atoms with Crippen molar-refractivity contribution >= 4 is 29.2 Å². The first-order valence-corrected chi connectivity index (χ1v) is 9.62. The van der Waals surface area contributed by atoms with Crippen molar-refractivity contribution in [1.29, 1.82) is 5.26 Å². The highest BCUT2D eigenvalue weighted by molar-refractivity contribution is 6.32. The third-order valence-electron chi connectivity index (χ3n) is 4.69. The van der Waals surface area contributed by atoms with Crippen molar-refractivity contribution in [3.63, 3.8) is 0 Å². The van der Waals surface area contributed by atoms with Gasteiger partial charge in [-0.1, -0.05) is 11.6 Å². The van der Waals surface area contributed by atoms with Gasteiger partial charge in [0.25, 0.3) is 0 Å². The van der Waals surface area contributed by atoms with Crippen molar-refractivity contribution in [3.8, 4) is 6.07 Å². The van der Waals surface area contributed by atoms with E-state index in [9.17, 15) is 9.59 Å². The molecule has 1 aromatic carbocycles. The summed E-state index contributed by atoms with van der Waals surface area (Å²) in [6.07, 6.45) is 0.813. The quantitative estimate of drug-likeness (QED) is 0.836. The van der Waals surface area contributed by atoms with E-state index in [1.54, 1.807) is 23.1 Å². The second kappa shape index (κ2) is 10.1. The number of nitrogens with zero attached hydrogens (tertiary/aromatic N) is 4. The van der Waals surface area contributed by atoms with Gasteiger partial charge in [0.2, 0.25) is 5.91 Å². The van der Waals surface area contributed by atoms with Gasteiger partial charge in [-0.15, -0.1) is 0 Å². The number of hydrogen-bond donors (Lipinski definition) is 1. The average molecular weight is 392 g/mol. The van der Waals surface area contributed by atoms with Gasteiger partial charge in [-0.3, -0.25) is 9.69 Å². The average Bonchev–Trinajstić information content (AvgIpc) is 2.88. The maximum absolute atomic E-state index is 12.5. The molecule has 3 amide bonds. The molecule has 0 radical (unpaired) electrons. The molecule has 1 aromatic rings. The van der Waals surface area contributed by atoms with Crippen molar-refractivity contribution < 1.29 is 9.59 Å². The van der Waals surface area contributed by atoms with Crippen molar-refractivity contribution in [3.05, 3.63) is 28.8 Å². The summed E-state index contributed by atoms with van der Waals surface area (Å²) in [5, 5.41) is 12.1. The molecule has 0 bridgehead atoms. The molecule has 0 unspecified atom stereocenters. The molecule has 0 spiro atoms. The topological polar surface area (TPSA) is 79.7 Å². The fourth-order valence-electron chi connectivity index (χ4n) is 3.09. The number of benzene rings is 1. The first kappa shape index (κ1) is 21.0. The van der Waals surface area contributed by atoms with Gasteiger partial charge in [0.1, 0.15) is 6.07 Å². The second-order valence-electron chi connectivity index (χ2n) is 6.42. The lowest BCUT2D eigenvalue weighted by Gasteiger charge is -2.25. The van der Waals surface area contributed by atoms with Crippen molar-refractivity contribution in [2.24, 2.45) is 0 Å². The van der Waals surface area contributed by atoms with Crippen LogP contribution in [0.5, 0.6) is 0 Å². The Kier molecular flexibility index (Phi) is 7.89. The van der Waals surface area contributed by atoms with Gasteiger partial charge in [-0.25, -0.2) is 4.79 Å². The Hall–Kier alpha value is -2.30. The molecular formula is C19H26ClN5O2. The van der Waals surface area contributed by atoms with Gasteiger partial charge < -0.3 is 15.1 Å². The zero-order valence-electron chi connectivity index (χ0n) is 15.9. The minimum atomic E-state index is -0.201. The van der Waals surface area contributed by atoms with Crippen LogP contribution in [0, 0.1) is 11.3 Å². The number of hydrogen-bond acceptors (Lipinski definition) is 4. The van der Waals surface area contributed by atoms with Crippen LogP contribution in [0.4, 0.5) is 10.5 Å². The SMILES string of the molecule is CCN(CC)C(=O)CN1CCCN(C(=O)Nc2ccc(C#N)c(Cl)c2)CC1. The van der Waals surface area contributed by atoms with E-state index in [-0.39, 0.29) is 11.9 Å². The smallest absolute Gasteiger partial charge is 0.321 e. The molecule has 1 aliphatic rings. The second-order valence-corrected chi connectivity index (χ2v) is 6.83. The van der Waals surface area contributed by atoms with Gasteiger partial charge >= 0.3 is 6.03 Å². The molecule has 0 aliphatic carbocycles. The molecule has 0 atom stereocenters. The Labute approximate surface area is 165 Å². The third kappa shape index (κ3) is 5.84. The Bertz CT molecular complexity index is 715. The summed E-state index contributed by atoms with van der Waals surface area (Å²) in [5.74, 6) is 0.130. The number of halogens is 1. The number of carbonyl (C=O) groups excluding carboxylic acids is 2. The van der Waals surface area contributed by atoms with Crippen LogP contribution in [0.15, 0.2) is 18.2 Å². The van der Waals surface area contributed by atoms with Crippen molar-refractivity contribution in [2.75, 3.05) is 51.1 Å². The largest absolute Gasteiger partial charge is 0.342 e. The Morgan fingerprint density at radius 3 is 2.59 bits per heavy atom. The molecule has 7 nitrogen and oxygen atoms in total. The van der Waals surface area contributed by atoms with Crippen LogP contribution >= 0.6 is 11.6 Å². The predicted molar refractivity (Wildman–Crippen MR) is 106 cm³/mol. The number of nitrogens with one attached hydrogen (secondary N) is 1. The Morgan fingerprint density at radius 2 is 1.96 bits per heavy atom. The van der Waals surface area contributed by atoms with E-state index >= 15 is 0 Å². The normalized spacial score (nSPS) is 15.0. The number of carbonyl (C=O) groups is 2. The van der Waals surface area contributed by atoms with Crippen molar-refractivity contribution in [1.82, 2.24) is 14.7 Å². The number of rotatable bonds is 5. The van der Waals surface area contributed by atoms with E-state index < -0.39 is 0 Å². The number of anilines is 1. The summed E-state index contributed by atoms with van der Waals surface area (Å²) in [7, 11) is 0. The predicted octanol–water partition coefficient (Wildman–Crippen LogP) is 2.62. The molecule has 8 heteroatoms. The van der Waals surface area contributed by atoms with Crippen LogP contribution in [0.3, 0.4) is 0 Å². The lowest BCUT2D eigenvalue weighted by Crippen LogP contribution is -2.42. The van der Waals surface area contributed by atoms with Gasteiger partial charge in [0.05, 0.1) is 17.1 Å². The highest BCUT2D eigenvalue weighted by Gasteiger charge is 2.22. The third-order valence-corrected chi connectivity index (χ3v) is 5.00. The molecule has 1 aliphatic heterocycles. The summed E-state index contributed by atoms with van der Waals surface area (Å²) in [4.78, 5) is 30.5. The molecular weight excluding hydrogens is 366 g/mol. The van der Waals surface area contributed by atoms with Crippen LogP contribution in [0.25, 0.3) is 0 Å². The first-order valence-electron chi connectivity index (χ1n) is 9.24. The van der Waals surface area contributed by atoms with E-state index in [4.69, 9.17) is 16.9 Å². The number of nitriles is 1. The van der Waals surface area contributed by atoms with Gasteiger partial charge in [0, 0.05) is 45.0 Å². The fourth-order valence-corrected chi connectivity index (χ4v) is 3.31.